The van der Waals surface area contributed by atoms with Crippen molar-refractivity contribution in [2.75, 3.05) is 0 Å². The molecule has 0 saturated heterocycles. The fourth-order valence-corrected chi connectivity index (χ4v) is 2.61. The average molecular weight is 212 g/mol. The van der Waals surface area contributed by atoms with Crippen LogP contribution in [0.25, 0.3) is 0 Å². The van der Waals surface area contributed by atoms with Gasteiger partial charge in [-0.05, 0) is 37.0 Å². The summed E-state index contributed by atoms with van der Waals surface area (Å²) in [5, 5.41) is 5.18. The normalized spacial score (nSPS) is 19.2. The molecule has 0 aliphatic heterocycles. The number of hydrogen-bond donors (Lipinski definition) is 1. The molecular formula is C9H12N2O2S. The Labute approximate surface area is 83.2 Å². The van der Waals surface area contributed by atoms with Gasteiger partial charge in [-0.25, -0.2) is 13.6 Å². The number of hydrogen-bond acceptors (Lipinski definition) is 3. The molecule has 1 heterocycles. The molecule has 14 heavy (non-hydrogen) atoms. The van der Waals surface area contributed by atoms with Gasteiger partial charge in [-0.3, -0.25) is 4.98 Å². The smallest absolute Gasteiger partial charge is 0.215 e. The number of aromatic nitrogens is 1. The minimum absolute atomic E-state index is 0.508. The maximum Gasteiger partial charge on any atom is 0.215 e. The van der Waals surface area contributed by atoms with Crippen molar-refractivity contribution in [2.45, 2.75) is 24.0 Å². The first kappa shape index (κ1) is 9.61. The second-order valence-electron chi connectivity index (χ2n) is 3.76. The van der Waals surface area contributed by atoms with Crippen molar-refractivity contribution in [3.8, 4) is 0 Å². The molecule has 1 aliphatic carbocycles. The van der Waals surface area contributed by atoms with Gasteiger partial charge >= 0.3 is 0 Å². The molecule has 0 aromatic carbocycles. The van der Waals surface area contributed by atoms with E-state index in [2.05, 4.69) is 4.98 Å². The number of rotatable bonds is 3. The Bertz CT molecular complexity index is 423. The molecule has 0 atom stereocenters. The number of pyridine rings is 1. The molecule has 1 aromatic heterocycles. The quantitative estimate of drug-likeness (QED) is 0.790. The molecule has 2 N–H and O–H groups in total. The Morgan fingerprint density at radius 2 is 1.93 bits per heavy atom. The molecule has 1 aliphatic rings. The Balaban J connectivity index is 2.21. The molecule has 0 bridgehead atoms. The third kappa shape index (κ3) is 1.65. The summed E-state index contributed by atoms with van der Waals surface area (Å²) < 4.78 is 21.9. The summed E-state index contributed by atoms with van der Waals surface area (Å²) in [6.45, 7) is 0. The van der Waals surface area contributed by atoms with E-state index in [1.165, 1.54) is 0 Å². The highest BCUT2D eigenvalue weighted by molar-refractivity contribution is 7.90. The molecule has 1 aromatic rings. The number of sulfonamides is 1. The van der Waals surface area contributed by atoms with E-state index in [-0.39, 0.29) is 0 Å². The van der Waals surface area contributed by atoms with Gasteiger partial charge in [-0.1, -0.05) is 0 Å². The number of nitrogens with zero attached hydrogens (tertiary/aromatic N) is 1. The summed E-state index contributed by atoms with van der Waals surface area (Å²) in [5.41, 5.74) is 0.978. The van der Waals surface area contributed by atoms with E-state index in [0.717, 1.165) is 5.56 Å². The van der Waals surface area contributed by atoms with Gasteiger partial charge in [0.25, 0.3) is 0 Å². The first-order valence-corrected chi connectivity index (χ1v) is 5.99. The topological polar surface area (TPSA) is 73.1 Å². The highest BCUT2D eigenvalue weighted by Crippen LogP contribution is 2.44. The van der Waals surface area contributed by atoms with Crippen LogP contribution < -0.4 is 5.14 Å². The summed E-state index contributed by atoms with van der Waals surface area (Å²) in [6, 6.07) is 3.65. The second kappa shape index (κ2) is 3.03. The highest BCUT2D eigenvalue weighted by Gasteiger charge is 2.52. The van der Waals surface area contributed by atoms with Crippen LogP contribution in [0.15, 0.2) is 24.5 Å². The van der Waals surface area contributed by atoms with E-state index in [9.17, 15) is 8.42 Å². The van der Waals surface area contributed by atoms with Gasteiger partial charge in [-0.2, -0.15) is 0 Å². The van der Waals surface area contributed by atoms with Crippen molar-refractivity contribution in [2.24, 2.45) is 5.14 Å². The van der Waals surface area contributed by atoms with Gasteiger partial charge in [0.05, 0.1) is 4.75 Å². The molecule has 76 valence electrons. The molecule has 0 spiro atoms. The van der Waals surface area contributed by atoms with Crippen LogP contribution in [0.3, 0.4) is 0 Å². The molecule has 2 rings (SSSR count). The molecular weight excluding hydrogens is 200 g/mol. The summed E-state index contributed by atoms with van der Waals surface area (Å²) in [5.74, 6) is 0. The fourth-order valence-electron chi connectivity index (χ4n) is 1.57. The van der Waals surface area contributed by atoms with Gasteiger partial charge in [0, 0.05) is 12.4 Å². The van der Waals surface area contributed by atoms with E-state index < -0.39 is 14.8 Å². The van der Waals surface area contributed by atoms with E-state index in [1.807, 2.05) is 12.1 Å². The first-order valence-electron chi connectivity index (χ1n) is 4.45. The molecule has 0 amide bonds. The van der Waals surface area contributed by atoms with Crippen LogP contribution in [0.5, 0.6) is 0 Å². The zero-order chi connectivity index (χ0) is 10.2. The van der Waals surface area contributed by atoms with Crippen LogP contribution in [0.2, 0.25) is 0 Å². The Morgan fingerprint density at radius 3 is 2.36 bits per heavy atom. The number of primary sulfonamides is 1. The van der Waals surface area contributed by atoms with E-state index in [1.54, 1.807) is 12.4 Å². The van der Waals surface area contributed by atoms with E-state index in [0.29, 0.717) is 19.3 Å². The maximum absolute atomic E-state index is 11.3. The predicted octanol–water partition coefficient (Wildman–Crippen LogP) is 0.445. The molecule has 1 fully saturated rings. The van der Waals surface area contributed by atoms with Crippen molar-refractivity contribution >= 4 is 10.0 Å². The third-order valence-electron chi connectivity index (χ3n) is 2.69. The summed E-state index contributed by atoms with van der Waals surface area (Å²) in [4.78, 5) is 3.88. The lowest BCUT2D eigenvalue weighted by Crippen LogP contribution is -2.32. The van der Waals surface area contributed by atoms with Crippen LogP contribution in [0.1, 0.15) is 18.4 Å². The monoisotopic (exact) mass is 212 g/mol. The standard InChI is InChI=1S/C9H12N2O2S/c10-14(12,13)9(3-4-9)7-8-1-5-11-6-2-8/h1-2,5-6H,3-4,7H2,(H2,10,12,13). The van der Waals surface area contributed by atoms with Gasteiger partial charge in [-0.15, -0.1) is 0 Å². The lowest BCUT2D eigenvalue weighted by Gasteiger charge is -2.11. The second-order valence-corrected chi connectivity index (χ2v) is 5.72. The predicted molar refractivity (Wildman–Crippen MR) is 53.0 cm³/mol. The van der Waals surface area contributed by atoms with Crippen molar-refractivity contribution in [1.82, 2.24) is 4.98 Å². The zero-order valence-electron chi connectivity index (χ0n) is 7.68. The number of nitrogens with two attached hydrogens (primary N) is 1. The lowest BCUT2D eigenvalue weighted by molar-refractivity contribution is 0.577. The zero-order valence-corrected chi connectivity index (χ0v) is 8.50. The van der Waals surface area contributed by atoms with Crippen LogP contribution in [0.4, 0.5) is 0 Å². The SMILES string of the molecule is NS(=O)(=O)C1(Cc2ccncc2)CC1. The van der Waals surface area contributed by atoms with Crippen LogP contribution in [0, 0.1) is 0 Å². The summed E-state index contributed by atoms with van der Waals surface area (Å²) in [7, 11) is -3.41. The lowest BCUT2D eigenvalue weighted by atomic mass is 10.1. The Morgan fingerprint density at radius 1 is 1.36 bits per heavy atom. The van der Waals surface area contributed by atoms with Gasteiger partial charge in [0.15, 0.2) is 0 Å². The van der Waals surface area contributed by atoms with Crippen molar-refractivity contribution in [1.29, 1.82) is 0 Å². The molecule has 0 unspecified atom stereocenters. The van der Waals surface area contributed by atoms with Crippen LogP contribution in [-0.2, 0) is 16.4 Å². The van der Waals surface area contributed by atoms with Crippen molar-refractivity contribution < 1.29 is 8.42 Å². The van der Waals surface area contributed by atoms with E-state index >= 15 is 0 Å². The minimum Gasteiger partial charge on any atom is -0.265 e. The molecule has 0 radical (unpaired) electrons. The van der Waals surface area contributed by atoms with Gasteiger partial charge < -0.3 is 0 Å². The average Bonchev–Trinajstić information content (AvgIpc) is 2.86. The van der Waals surface area contributed by atoms with Crippen LogP contribution >= 0.6 is 0 Å². The van der Waals surface area contributed by atoms with Crippen molar-refractivity contribution in [3.05, 3.63) is 30.1 Å². The van der Waals surface area contributed by atoms with Crippen LogP contribution in [-0.4, -0.2) is 18.1 Å². The maximum atomic E-state index is 11.3. The fraction of sp³-hybridized carbons (Fsp3) is 0.444. The highest BCUT2D eigenvalue weighted by atomic mass is 32.2. The van der Waals surface area contributed by atoms with E-state index in [4.69, 9.17) is 5.14 Å². The molecule has 4 nitrogen and oxygen atoms in total. The van der Waals surface area contributed by atoms with Gasteiger partial charge in [0.2, 0.25) is 10.0 Å². The Kier molecular flexibility index (Phi) is 2.08. The molecule has 1 saturated carbocycles. The molecule has 5 heteroatoms. The summed E-state index contributed by atoms with van der Waals surface area (Å²) in [6.07, 6.45) is 5.18. The van der Waals surface area contributed by atoms with Gasteiger partial charge in [0.1, 0.15) is 0 Å². The first-order chi connectivity index (χ1) is 6.54. The largest absolute Gasteiger partial charge is 0.265 e. The van der Waals surface area contributed by atoms with Crippen molar-refractivity contribution in [3.63, 3.8) is 0 Å². The minimum atomic E-state index is -3.41. The Hall–Kier alpha value is -0.940. The third-order valence-corrected chi connectivity index (χ3v) is 4.45. The summed E-state index contributed by atoms with van der Waals surface area (Å²) >= 11 is 0.